The molecule has 3 N–H and O–H groups in total. The number of hydrogen-bond acceptors (Lipinski definition) is 11. The van der Waals surface area contributed by atoms with Crippen LogP contribution < -0.4 is 10.6 Å². The number of aromatic nitrogens is 7. The van der Waals surface area contributed by atoms with Crippen molar-refractivity contribution in [2.45, 2.75) is 45.7 Å². The smallest absolute Gasteiger partial charge is 0.216 e. The van der Waals surface area contributed by atoms with E-state index in [9.17, 15) is 9.90 Å². The third kappa shape index (κ3) is 9.54. The Labute approximate surface area is 300 Å². The molecule has 6 aromatic rings. The molecule has 13 nitrogen and oxygen atoms in total. The summed E-state index contributed by atoms with van der Waals surface area (Å²) < 4.78 is 16.4. The largest absolute Gasteiger partial charge is 0.508 e. The average Bonchev–Trinajstić information content (AvgIpc) is 3.90. The number of fused-ring (bicyclic) bond motifs is 2. The van der Waals surface area contributed by atoms with Gasteiger partial charge < -0.3 is 29.8 Å². The van der Waals surface area contributed by atoms with Crippen LogP contribution in [0.1, 0.15) is 44.0 Å². The van der Waals surface area contributed by atoms with E-state index in [1.165, 1.54) is 11.6 Å². The van der Waals surface area contributed by atoms with Gasteiger partial charge in [-0.25, -0.2) is 19.6 Å². The Hall–Kier alpha value is -5.18. The number of benzene rings is 2. The summed E-state index contributed by atoms with van der Waals surface area (Å²) in [6.07, 6.45) is 10.2. The molecule has 1 unspecified atom stereocenters. The molecule has 2 aromatic carbocycles. The van der Waals surface area contributed by atoms with Gasteiger partial charge in [-0.05, 0) is 49.9 Å². The Kier molecular flexibility index (Phi) is 12.3. The SMILES string of the molecule is CC(=O)NCC/C=C\CCOCCOCCn1cc(C(C)n2cnc3c(NCCc4ccc(O)cc4)nc(-c4csc5ccccc45)nc32)nn1. The second-order valence-electron chi connectivity index (χ2n) is 12.0. The highest BCUT2D eigenvalue weighted by Gasteiger charge is 2.21. The van der Waals surface area contributed by atoms with Crippen LogP contribution in [0.5, 0.6) is 5.75 Å². The number of imidazole rings is 1. The van der Waals surface area contributed by atoms with Crippen molar-refractivity contribution >= 4 is 44.3 Å². The van der Waals surface area contributed by atoms with Gasteiger partial charge in [0.15, 0.2) is 17.3 Å². The van der Waals surface area contributed by atoms with Crippen molar-refractivity contribution < 1.29 is 19.4 Å². The van der Waals surface area contributed by atoms with Crippen molar-refractivity contribution in [2.24, 2.45) is 0 Å². The quantitative estimate of drug-likeness (QED) is 0.0697. The molecule has 0 bridgehead atoms. The lowest BCUT2D eigenvalue weighted by Crippen LogP contribution is -2.20. The topological polar surface area (TPSA) is 154 Å². The molecule has 0 aliphatic carbocycles. The summed E-state index contributed by atoms with van der Waals surface area (Å²) in [5, 5.41) is 27.9. The fraction of sp³-hybridized carbons (Fsp3) is 0.351. The van der Waals surface area contributed by atoms with E-state index in [0.29, 0.717) is 68.9 Å². The molecule has 0 saturated heterocycles. The van der Waals surface area contributed by atoms with E-state index < -0.39 is 0 Å². The highest BCUT2D eigenvalue weighted by molar-refractivity contribution is 7.17. The molecule has 266 valence electrons. The highest BCUT2D eigenvalue weighted by atomic mass is 32.1. The highest BCUT2D eigenvalue weighted by Crippen LogP contribution is 2.34. The first-order valence-corrected chi connectivity index (χ1v) is 18.0. The second kappa shape index (κ2) is 17.7. The molecule has 1 atom stereocenters. The van der Waals surface area contributed by atoms with Crippen molar-refractivity contribution in [3.05, 3.63) is 89.8 Å². The lowest BCUT2D eigenvalue weighted by Gasteiger charge is -2.13. The van der Waals surface area contributed by atoms with Gasteiger partial charge in [0.25, 0.3) is 0 Å². The number of nitrogens with zero attached hydrogens (tertiary/aromatic N) is 7. The number of anilines is 1. The summed E-state index contributed by atoms with van der Waals surface area (Å²) in [5.74, 6) is 1.53. The lowest BCUT2D eigenvalue weighted by atomic mass is 10.1. The zero-order valence-corrected chi connectivity index (χ0v) is 29.7. The number of ether oxygens (including phenoxy) is 2. The number of nitrogens with one attached hydrogen (secondary N) is 2. The maximum Gasteiger partial charge on any atom is 0.216 e. The summed E-state index contributed by atoms with van der Waals surface area (Å²) >= 11 is 1.67. The molecule has 0 fully saturated rings. The Morgan fingerprint density at radius 1 is 1.00 bits per heavy atom. The van der Waals surface area contributed by atoms with Gasteiger partial charge in [-0.15, -0.1) is 16.4 Å². The number of aromatic hydroxyl groups is 1. The van der Waals surface area contributed by atoms with Gasteiger partial charge in [-0.3, -0.25) is 4.79 Å². The average molecular weight is 710 g/mol. The number of carbonyl (C=O) groups is 1. The zero-order chi connectivity index (χ0) is 35.4. The number of hydrogen-bond donors (Lipinski definition) is 3. The van der Waals surface area contributed by atoms with Crippen LogP contribution in [0.4, 0.5) is 5.82 Å². The summed E-state index contributed by atoms with van der Waals surface area (Å²) in [5.41, 5.74) is 4.24. The van der Waals surface area contributed by atoms with Crippen LogP contribution in [0, 0.1) is 0 Å². The number of thiophene rings is 1. The van der Waals surface area contributed by atoms with Gasteiger partial charge in [0.1, 0.15) is 17.0 Å². The van der Waals surface area contributed by atoms with Crippen LogP contribution in [-0.2, 0) is 27.2 Å². The summed E-state index contributed by atoms with van der Waals surface area (Å²) in [6, 6.07) is 15.3. The fourth-order valence-corrected chi connectivity index (χ4v) is 6.48. The molecule has 14 heteroatoms. The fourth-order valence-electron chi connectivity index (χ4n) is 5.54. The van der Waals surface area contributed by atoms with Crippen molar-refractivity contribution in [3.63, 3.8) is 0 Å². The number of phenolic OH excluding ortho intramolecular Hbond substituents is 1. The molecule has 0 saturated carbocycles. The summed E-state index contributed by atoms with van der Waals surface area (Å²) in [6.45, 7) is 7.55. The Bertz CT molecular complexity index is 2050. The minimum absolute atomic E-state index is 0.00972. The predicted molar refractivity (Wildman–Crippen MR) is 199 cm³/mol. The number of carbonyl (C=O) groups excluding carboxylic acids is 1. The van der Waals surface area contributed by atoms with Crippen LogP contribution in [0.3, 0.4) is 0 Å². The van der Waals surface area contributed by atoms with E-state index in [0.717, 1.165) is 41.5 Å². The molecule has 4 heterocycles. The first-order valence-electron chi connectivity index (χ1n) is 17.1. The van der Waals surface area contributed by atoms with E-state index in [4.69, 9.17) is 24.4 Å². The van der Waals surface area contributed by atoms with Crippen molar-refractivity contribution in [2.75, 3.05) is 44.8 Å². The van der Waals surface area contributed by atoms with Crippen LogP contribution in [0.2, 0.25) is 0 Å². The molecule has 0 aliphatic heterocycles. The molecule has 0 aliphatic rings. The first kappa shape index (κ1) is 35.6. The van der Waals surface area contributed by atoms with E-state index in [2.05, 4.69) is 51.5 Å². The van der Waals surface area contributed by atoms with Crippen LogP contribution in [-0.4, -0.2) is 85.0 Å². The van der Waals surface area contributed by atoms with Gasteiger partial charge >= 0.3 is 0 Å². The van der Waals surface area contributed by atoms with Gasteiger partial charge in [0.05, 0.1) is 51.5 Å². The van der Waals surface area contributed by atoms with Gasteiger partial charge in [-0.2, -0.15) is 0 Å². The molecule has 0 spiro atoms. The minimum atomic E-state index is -0.190. The van der Waals surface area contributed by atoms with E-state index in [1.807, 2.05) is 41.1 Å². The third-order valence-electron chi connectivity index (χ3n) is 8.30. The molecule has 4 aromatic heterocycles. The number of amides is 1. The summed E-state index contributed by atoms with van der Waals surface area (Å²) in [7, 11) is 0. The van der Waals surface area contributed by atoms with Gasteiger partial charge in [-0.1, -0.05) is 47.7 Å². The third-order valence-corrected chi connectivity index (χ3v) is 9.27. The van der Waals surface area contributed by atoms with Crippen LogP contribution in [0.15, 0.2) is 78.6 Å². The lowest BCUT2D eigenvalue weighted by molar-refractivity contribution is -0.118. The number of phenols is 1. The number of rotatable bonds is 19. The predicted octanol–water partition coefficient (Wildman–Crippen LogP) is 5.77. The maximum absolute atomic E-state index is 10.9. The van der Waals surface area contributed by atoms with Gasteiger partial charge in [0.2, 0.25) is 5.91 Å². The van der Waals surface area contributed by atoms with Crippen LogP contribution >= 0.6 is 11.3 Å². The van der Waals surface area contributed by atoms with E-state index in [-0.39, 0.29) is 17.7 Å². The first-order chi connectivity index (χ1) is 25.0. The molecular formula is C37H43N9O4S. The minimum Gasteiger partial charge on any atom is -0.508 e. The standard InChI is InChI=1S/C37H43N9O4S/c1-26(32-23-45(44-43-32)18-20-50-22-21-49-19-8-4-3-7-16-38-27(2)47)46-25-40-34-36(39-17-15-28-11-13-29(48)14-12-28)41-35(42-37(34)46)31-24-51-33-10-6-5-9-30(31)33/h3-6,9-14,23-26,48H,7-8,15-22H2,1-2H3,(H,38,47)(H,39,41,42)/b4-3-. The zero-order valence-electron chi connectivity index (χ0n) is 28.9. The van der Waals surface area contributed by atoms with Crippen LogP contribution in [0.25, 0.3) is 32.6 Å². The Morgan fingerprint density at radius 2 is 1.80 bits per heavy atom. The normalized spacial score (nSPS) is 12.3. The Balaban J connectivity index is 1.07. The molecule has 6 rings (SSSR count). The summed E-state index contributed by atoms with van der Waals surface area (Å²) in [4.78, 5) is 25.7. The van der Waals surface area contributed by atoms with Gasteiger partial charge in [0, 0.05) is 41.0 Å². The molecule has 0 radical (unpaired) electrons. The van der Waals surface area contributed by atoms with Crippen molar-refractivity contribution in [1.29, 1.82) is 0 Å². The maximum atomic E-state index is 10.9. The van der Waals surface area contributed by atoms with E-state index >= 15 is 0 Å². The molecule has 51 heavy (non-hydrogen) atoms. The second-order valence-corrected chi connectivity index (χ2v) is 13.0. The van der Waals surface area contributed by atoms with Crippen molar-refractivity contribution in [3.8, 4) is 17.1 Å². The monoisotopic (exact) mass is 709 g/mol. The van der Waals surface area contributed by atoms with Crippen molar-refractivity contribution in [1.82, 2.24) is 39.8 Å². The van der Waals surface area contributed by atoms with E-state index in [1.54, 1.807) is 34.5 Å². The Morgan fingerprint density at radius 3 is 2.65 bits per heavy atom. The molecule has 1 amide bonds. The molecular weight excluding hydrogens is 667 g/mol.